The number of amides is 1. The van der Waals surface area contributed by atoms with Crippen molar-refractivity contribution in [1.82, 2.24) is 5.32 Å². The van der Waals surface area contributed by atoms with Gasteiger partial charge in [0.15, 0.2) is 0 Å². The van der Waals surface area contributed by atoms with E-state index in [1.807, 2.05) is 0 Å². The third-order valence-electron chi connectivity index (χ3n) is 11.9. The Labute approximate surface area is 366 Å². The number of carboxylic acids is 1. The van der Waals surface area contributed by atoms with Gasteiger partial charge in [-0.3, -0.25) is 14.4 Å². The molecule has 6 nitrogen and oxygen atoms in total. The molecule has 0 aliphatic rings. The molecule has 0 aliphatic heterocycles. The van der Waals surface area contributed by atoms with E-state index >= 15 is 0 Å². The van der Waals surface area contributed by atoms with Gasteiger partial charge in [-0.15, -0.1) is 0 Å². The van der Waals surface area contributed by atoms with Gasteiger partial charge in [0.2, 0.25) is 5.91 Å². The maximum Gasteiger partial charge on any atom is 0.322 e. The highest BCUT2D eigenvalue weighted by Gasteiger charge is 2.14. The minimum Gasteiger partial charge on any atom is -0.480 e. The van der Waals surface area contributed by atoms with Crippen LogP contribution >= 0.6 is 0 Å². The van der Waals surface area contributed by atoms with Gasteiger partial charge in [0.1, 0.15) is 12.6 Å². The Morgan fingerprint density at radius 2 is 0.780 bits per heavy atom. The van der Waals surface area contributed by atoms with Crippen molar-refractivity contribution >= 4 is 17.8 Å². The normalized spacial score (nSPS) is 12.2. The first kappa shape index (κ1) is 56.9. The average Bonchev–Trinajstić information content (AvgIpc) is 3.22. The second-order valence-corrected chi connectivity index (χ2v) is 17.8. The van der Waals surface area contributed by atoms with Gasteiger partial charge in [-0.2, -0.15) is 0 Å². The molecular weight excluding hydrogens is 731 g/mol. The Bertz CT molecular complexity index is 962. The largest absolute Gasteiger partial charge is 0.480 e. The summed E-state index contributed by atoms with van der Waals surface area (Å²) in [5.41, 5.74) is 0. The standard InChI is InChI=1S/C53H99NO5/c1-3-5-7-9-11-13-15-17-19-20-21-22-23-24-25-27-29-31-33-35-40-44-48-53(58)59-50(46-42-38-36-39-43-47-51(55)54-49-52(56)57)45-41-37-34-32-30-28-26-18-16-14-12-10-8-6-4-2/h16,18,28,30,50H,3-15,17,19-27,29,31-49H2,1-2H3,(H,54,55)(H,56,57)/b18-16-,30-28-. The average molecular weight is 830 g/mol. The van der Waals surface area contributed by atoms with Crippen molar-refractivity contribution in [3.05, 3.63) is 24.3 Å². The highest BCUT2D eigenvalue weighted by Crippen LogP contribution is 2.19. The van der Waals surface area contributed by atoms with Crippen LogP contribution in [-0.4, -0.2) is 35.6 Å². The second-order valence-electron chi connectivity index (χ2n) is 17.8. The molecule has 0 saturated carbocycles. The SMILES string of the molecule is CCCCCCC/C=C\C/C=C\CCCCCC(CCCCCCCC(=O)NCC(=O)O)OC(=O)CCCCCCCCCCCCCCCCCCCCCCCC. The van der Waals surface area contributed by atoms with E-state index in [1.54, 1.807) is 0 Å². The number of nitrogens with one attached hydrogen (secondary N) is 1. The van der Waals surface area contributed by atoms with Crippen LogP contribution < -0.4 is 5.32 Å². The van der Waals surface area contributed by atoms with Gasteiger partial charge in [-0.1, -0.05) is 224 Å². The molecule has 0 heterocycles. The molecule has 1 unspecified atom stereocenters. The van der Waals surface area contributed by atoms with E-state index in [-0.39, 0.29) is 24.5 Å². The van der Waals surface area contributed by atoms with Crippen LogP contribution in [0.15, 0.2) is 24.3 Å². The predicted molar refractivity (Wildman–Crippen MR) is 254 cm³/mol. The third-order valence-corrected chi connectivity index (χ3v) is 11.9. The number of ether oxygens (including phenoxy) is 1. The van der Waals surface area contributed by atoms with Gasteiger partial charge in [0, 0.05) is 12.8 Å². The minimum absolute atomic E-state index is 0.00617. The lowest BCUT2D eigenvalue weighted by Gasteiger charge is -2.18. The number of carbonyl (C=O) groups is 3. The van der Waals surface area contributed by atoms with Crippen LogP contribution in [0.5, 0.6) is 0 Å². The maximum atomic E-state index is 12.8. The zero-order valence-corrected chi connectivity index (χ0v) is 39.4. The Balaban J connectivity index is 4.07. The molecule has 1 amide bonds. The van der Waals surface area contributed by atoms with Crippen LogP contribution in [-0.2, 0) is 19.1 Å². The smallest absolute Gasteiger partial charge is 0.322 e. The summed E-state index contributed by atoms with van der Waals surface area (Å²) in [6.45, 7) is 4.24. The van der Waals surface area contributed by atoms with Gasteiger partial charge >= 0.3 is 11.9 Å². The molecule has 0 aromatic heterocycles. The molecule has 0 spiro atoms. The molecule has 346 valence electrons. The van der Waals surface area contributed by atoms with Crippen LogP contribution in [0.4, 0.5) is 0 Å². The second kappa shape index (κ2) is 48.6. The summed E-state index contributed by atoms with van der Waals surface area (Å²) in [5.74, 6) is -1.23. The number of carboxylic acid groups (broad SMARTS) is 1. The first-order valence-corrected chi connectivity index (χ1v) is 26.0. The number of carbonyl (C=O) groups excluding carboxylic acids is 2. The van der Waals surface area contributed by atoms with E-state index in [0.29, 0.717) is 12.8 Å². The van der Waals surface area contributed by atoms with E-state index in [4.69, 9.17) is 9.84 Å². The zero-order chi connectivity index (χ0) is 43.0. The Hall–Kier alpha value is -2.11. The summed E-state index contributed by atoms with van der Waals surface area (Å²) in [7, 11) is 0. The number of aliphatic carboxylic acids is 1. The fraction of sp³-hybridized carbons (Fsp3) is 0.868. The molecule has 0 radical (unpaired) electrons. The highest BCUT2D eigenvalue weighted by molar-refractivity contribution is 5.80. The van der Waals surface area contributed by atoms with Gasteiger partial charge < -0.3 is 15.2 Å². The van der Waals surface area contributed by atoms with Crippen LogP contribution in [0.2, 0.25) is 0 Å². The Morgan fingerprint density at radius 1 is 0.441 bits per heavy atom. The molecule has 2 N–H and O–H groups in total. The number of esters is 1. The fourth-order valence-electron chi connectivity index (χ4n) is 8.02. The van der Waals surface area contributed by atoms with Gasteiger partial charge in [-0.25, -0.2) is 0 Å². The summed E-state index contributed by atoms with van der Waals surface area (Å²) in [6.07, 6.45) is 60.4. The number of hydrogen-bond acceptors (Lipinski definition) is 4. The summed E-state index contributed by atoms with van der Waals surface area (Å²) in [4.78, 5) is 35.2. The Kier molecular flexibility index (Phi) is 46.8. The highest BCUT2D eigenvalue weighted by atomic mass is 16.5. The van der Waals surface area contributed by atoms with Crippen molar-refractivity contribution in [2.24, 2.45) is 0 Å². The lowest BCUT2D eigenvalue weighted by molar-refractivity contribution is -0.150. The molecule has 0 aromatic carbocycles. The molecule has 0 rings (SSSR count). The maximum absolute atomic E-state index is 12.8. The Morgan fingerprint density at radius 3 is 1.19 bits per heavy atom. The quantitative estimate of drug-likeness (QED) is 0.0362. The first-order valence-electron chi connectivity index (χ1n) is 26.0. The first-order chi connectivity index (χ1) is 29.0. The molecule has 0 aliphatic carbocycles. The van der Waals surface area contributed by atoms with Gasteiger partial charge in [-0.05, 0) is 70.6 Å². The molecule has 1 atom stereocenters. The zero-order valence-electron chi connectivity index (χ0n) is 39.4. The lowest BCUT2D eigenvalue weighted by atomic mass is 10.0. The number of allylic oxidation sites excluding steroid dienone is 4. The minimum atomic E-state index is -1.02. The van der Waals surface area contributed by atoms with Crippen LogP contribution in [0, 0.1) is 0 Å². The molecule has 0 bridgehead atoms. The van der Waals surface area contributed by atoms with Crippen molar-refractivity contribution in [2.45, 2.75) is 290 Å². The molecule has 0 saturated heterocycles. The summed E-state index contributed by atoms with van der Waals surface area (Å²) in [6, 6.07) is 0. The molecule has 59 heavy (non-hydrogen) atoms. The predicted octanol–water partition coefficient (Wildman–Crippen LogP) is 16.6. The van der Waals surface area contributed by atoms with Crippen molar-refractivity contribution in [1.29, 1.82) is 0 Å². The molecular formula is C53H99NO5. The van der Waals surface area contributed by atoms with Gasteiger partial charge in [0.25, 0.3) is 0 Å². The summed E-state index contributed by atoms with van der Waals surface area (Å²) >= 11 is 0. The van der Waals surface area contributed by atoms with E-state index in [9.17, 15) is 14.4 Å². The number of rotatable bonds is 48. The molecule has 0 fully saturated rings. The number of unbranched alkanes of at least 4 members (excludes halogenated alkanes) is 33. The van der Waals surface area contributed by atoms with Crippen molar-refractivity contribution in [3.8, 4) is 0 Å². The van der Waals surface area contributed by atoms with Crippen molar-refractivity contribution in [3.63, 3.8) is 0 Å². The molecule has 0 aromatic rings. The van der Waals surface area contributed by atoms with Crippen LogP contribution in [0.25, 0.3) is 0 Å². The van der Waals surface area contributed by atoms with E-state index < -0.39 is 5.97 Å². The van der Waals surface area contributed by atoms with E-state index in [0.717, 1.165) is 83.5 Å². The van der Waals surface area contributed by atoms with Crippen molar-refractivity contribution < 1.29 is 24.2 Å². The summed E-state index contributed by atoms with van der Waals surface area (Å²) in [5, 5.41) is 11.1. The van der Waals surface area contributed by atoms with Crippen molar-refractivity contribution in [2.75, 3.05) is 6.54 Å². The fourth-order valence-corrected chi connectivity index (χ4v) is 8.02. The van der Waals surface area contributed by atoms with E-state index in [2.05, 4.69) is 43.5 Å². The monoisotopic (exact) mass is 830 g/mol. The lowest BCUT2D eigenvalue weighted by Crippen LogP contribution is -2.28. The van der Waals surface area contributed by atoms with E-state index in [1.165, 1.54) is 173 Å². The van der Waals surface area contributed by atoms with Crippen LogP contribution in [0.3, 0.4) is 0 Å². The third kappa shape index (κ3) is 48.4. The topological polar surface area (TPSA) is 92.7 Å². The summed E-state index contributed by atoms with van der Waals surface area (Å²) < 4.78 is 6.06. The van der Waals surface area contributed by atoms with Gasteiger partial charge in [0.05, 0.1) is 0 Å². The van der Waals surface area contributed by atoms with Crippen LogP contribution in [0.1, 0.15) is 284 Å². The molecule has 6 heteroatoms. The number of hydrogen-bond donors (Lipinski definition) is 2.